The lowest BCUT2D eigenvalue weighted by molar-refractivity contribution is -0.122. The SMILES string of the molecule is CC(CC(=O)NC1CCCC1C)c1ccc(N)cc1. The van der Waals surface area contributed by atoms with Crippen molar-refractivity contribution in [2.75, 3.05) is 5.73 Å². The Morgan fingerprint density at radius 3 is 2.63 bits per heavy atom. The molecule has 1 amide bonds. The van der Waals surface area contributed by atoms with E-state index in [1.807, 2.05) is 24.3 Å². The van der Waals surface area contributed by atoms with E-state index in [4.69, 9.17) is 5.73 Å². The summed E-state index contributed by atoms with van der Waals surface area (Å²) in [5, 5.41) is 3.18. The van der Waals surface area contributed by atoms with Gasteiger partial charge in [0.05, 0.1) is 0 Å². The molecule has 1 aromatic carbocycles. The van der Waals surface area contributed by atoms with E-state index in [0.717, 1.165) is 12.1 Å². The van der Waals surface area contributed by atoms with E-state index >= 15 is 0 Å². The molecular formula is C16H24N2O. The Morgan fingerprint density at radius 2 is 2.05 bits per heavy atom. The van der Waals surface area contributed by atoms with Crippen LogP contribution in [0.25, 0.3) is 0 Å². The van der Waals surface area contributed by atoms with Gasteiger partial charge in [-0.15, -0.1) is 0 Å². The van der Waals surface area contributed by atoms with Gasteiger partial charge in [0.2, 0.25) is 5.91 Å². The zero-order chi connectivity index (χ0) is 13.8. The van der Waals surface area contributed by atoms with Crippen molar-refractivity contribution < 1.29 is 4.79 Å². The van der Waals surface area contributed by atoms with Crippen molar-refractivity contribution in [2.45, 2.75) is 51.5 Å². The molecule has 2 rings (SSSR count). The first kappa shape index (κ1) is 13.9. The average Bonchev–Trinajstić information content (AvgIpc) is 2.75. The van der Waals surface area contributed by atoms with E-state index in [9.17, 15) is 4.79 Å². The molecule has 104 valence electrons. The normalized spacial score (nSPS) is 24.1. The van der Waals surface area contributed by atoms with Crippen LogP contribution in [-0.2, 0) is 4.79 Å². The first-order valence-electron chi connectivity index (χ1n) is 7.21. The van der Waals surface area contributed by atoms with Crippen LogP contribution in [0.4, 0.5) is 5.69 Å². The summed E-state index contributed by atoms with van der Waals surface area (Å²) in [6, 6.07) is 8.17. The fourth-order valence-corrected chi connectivity index (χ4v) is 2.85. The number of nitrogens with two attached hydrogens (primary N) is 1. The highest BCUT2D eigenvalue weighted by Gasteiger charge is 2.25. The van der Waals surface area contributed by atoms with E-state index in [2.05, 4.69) is 19.2 Å². The average molecular weight is 260 g/mol. The molecule has 3 N–H and O–H groups in total. The molecule has 1 saturated carbocycles. The second kappa shape index (κ2) is 6.09. The molecule has 0 aromatic heterocycles. The Kier molecular flexibility index (Phi) is 4.46. The zero-order valence-electron chi connectivity index (χ0n) is 11.9. The number of benzene rings is 1. The van der Waals surface area contributed by atoms with Gasteiger partial charge >= 0.3 is 0 Å². The monoisotopic (exact) mass is 260 g/mol. The van der Waals surface area contributed by atoms with Gasteiger partial charge in [-0.1, -0.05) is 32.4 Å². The Hall–Kier alpha value is -1.51. The Morgan fingerprint density at radius 1 is 1.37 bits per heavy atom. The van der Waals surface area contributed by atoms with Crippen molar-refractivity contribution >= 4 is 11.6 Å². The zero-order valence-corrected chi connectivity index (χ0v) is 11.9. The highest BCUT2D eigenvalue weighted by atomic mass is 16.1. The quantitative estimate of drug-likeness (QED) is 0.817. The number of nitrogen functional groups attached to an aromatic ring is 1. The van der Waals surface area contributed by atoms with E-state index in [0.29, 0.717) is 18.4 Å². The van der Waals surface area contributed by atoms with Crippen LogP contribution >= 0.6 is 0 Å². The molecule has 3 atom stereocenters. The van der Waals surface area contributed by atoms with Crippen molar-refractivity contribution in [1.82, 2.24) is 5.32 Å². The van der Waals surface area contributed by atoms with Gasteiger partial charge in [0.15, 0.2) is 0 Å². The van der Waals surface area contributed by atoms with Crippen molar-refractivity contribution in [1.29, 1.82) is 0 Å². The number of carbonyl (C=O) groups is 1. The minimum atomic E-state index is 0.170. The van der Waals surface area contributed by atoms with Gasteiger partial charge in [0.25, 0.3) is 0 Å². The van der Waals surface area contributed by atoms with Crippen molar-refractivity contribution in [3.8, 4) is 0 Å². The molecule has 1 aliphatic rings. The van der Waals surface area contributed by atoms with Gasteiger partial charge < -0.3 is 11.1 Å². The van der Waals surface area contributed by atoms with Crippen LogP contribution in [0.2, 0.25) is 0 Å². The summed E-state index contributed by atoms with van der Waals surface area (Å²) in [5.41, 5.74) is 7.61. The van der Waals surface area contributed by atoms with E-state index in [1.54, 1.807) is 0 Å². The number of hydrogen-bond donors (Lipinski definition) is 2. The summed E-state index contributed by atoms with van der Waals surface area (Å²) < 4.78 is 0. The molecule has 19 heavy (non-hydrogen) atoms. The van der Waals surface area contributed by atoms with E-state index in [1.165, 1.54) is 18.4 Å². The van der Waals surface area contributed by atoms with Crippen LogP contribution in [0.3, 0.4) is 0 Å². The van der Waals surface area contributed by atoms with E-state index < -0.39 is 0 Å². The van der Waals surface area contributed by atoms with Gasteiger partial charge in [0, 0.05) is 18.2 Å². The molecule has 3 nitrogen and oxygen atoms in total. The first-order chi connectivity index (χ1) is 9.06. The largest absolute Gasteiger partial charge is 0.399 e. The molecule has 1 fully saturated rings. The van der Waals surface area contributed by atoms with Crippen LogP contribution in [0, 0.1) is 5.92 Å². The molecule has 0 bridgehead atoms. The summed E-state index contributed by atoms with van der Waals surface area (Å²) in [7, 11) is 0. The van der Waals surface area contributed by atoms with Gasteiger partial charge in [-0.3, -0.25) is 4.79 Å². The lowest BCUT2D eigenvalue weighted by atomic mass is 9.96. The Balaban J connectivity index is 1.86. The van der Waals surface area contributed by atoms with Crippen LogP contribution in [-0.4, -0.2) is 11.9 Å². The van der Waals surface area contributed by atoms with E-state index in [-0.39, 0.29) is 11.8 Å². The summed E-state index contributed by atoms with van der Waals surface area (Å²) in [6.07, 6.45) is 4.15. The summed E-state index contributed by atoms with van der Waals surface area (Å²) in [4.78, 5) is 12.1. The number of hydrogen-bond acceptors (Lipinski definition) is 2. The molecule has 0 heterocycles. The maximum absolute atomic E-state index is 12.1. The fourth-order valence-electron chi connectivity index (χ4n) is 2.85. The minimum absolute atomic E-state index is 0.170. The van der Waals surface area contributed by atoms with Crippen molar-refractivity contribution in [3.63, 3.8) is 0 Å². The smallest absolute Gasteiger partial charge is 0.220 e. The molecule has 0 radical (unpaired) electrons. The second-order valence-corrected chi connectivity index (χ2v) is 5.85. The predicted molar refractivity (Wildman–Crippen MR) is 78.8 cm³/mol. The summed E-state index contributed by atoms with van der Waals surface area (Å²) in [6.45, 7) is 4.31. The molecule has 3 unspecified atom stereocenters. The van der Waals surface area contributed by atoms with Gasteiger partial charge in [0.1, 0.15) is 0 Å². The number of anilines is 1. The number of rotatable bonds is 4. The number of nitrogens with one attached hydrogen (secondary N) is 1. The van der Waals surface area contributed by atoms with Crippen LogP contribution < -0.4 is 11.1 Å². The maximum atomic E-state index is 12.1. The molecule has 0 saturated heterocycles. The Bertz CT molecular complexity index is 427. The molecule has 0 spiro atoms. The highest BCUT2D eigenvalue weighted by Crippen LogP contribution is 2.26. The minimum Gasteiger partial charge on any atom is -0.399 e. The van der Waals surface area contributed by atoms with Crippen LogP contribution in [0.5, 0.6) is 0 Å². The molecular weight excluding hydrogens is 236 g/mol. The highest BCUT2D eigenvalue weighted by molar-refractivity contribution is 5.77. The van der Waals surface area contributed by atoms with Gasteiger partial charge in [-0.05, 0) is 42.4 Å². The first-order valence-corrected chi connectivity index (χ1v) is 7.21. The third-order valence-electron chi connectivity index (χ3n) is 4.20. The molecule has 1 aromatic rings. The molecule has 3 heteroatoms. The third kappa shape index (κ3) is 3.72. The lowest BCUT2D eigenvalue weighted by Crippen LogP contribution is -2.36. The lowest BCUT2D eigenvalue weighted by Gasteiger charge is -2.19. The maximum Gasteiger partial charge on any atom is 0.220 e. The summed E-state index contributed by atoms with van der Waals surface area (Å²) >= 11 is 0. The van der Waals surface area contributed by atoms with Crippen LogP contribution in [0.15, 0.2) is 24.3 Å². The van der Waals surface area contributed by atoms with Crippen molar-refractivity contribution in [3.05, 3.63) is 29.8 Å². The number of amides is 1. The van der Waals surface area contributed by atoms with Crippen LogP contribution in [0.1, 0.15) is 51.0 Å². The summed E-state index contributed by atoms with van der Waals surface area (Å²) in [5.74, 6) is 1.02. The standard InChI is InChI=1S/C16H24N2O/c1-11-4-3-5-15(11)18-16(19)10-12(2)13-6-8-14(17)9-7-13/h6-9,11-12,15H,3-5,10,17H2,1-2H3,(H,18,19). The topological polar surface area (TPSA) is 55.1 Å². The Labute approximate surface area is 115 Å². The van der Waals surface area contributed by atoms with Gasteiger partial charge in [-0.25, -0.2) is 0 Å². The molecule has 1 aliphatic carbocycles. The third-order valence-corrected chi connectivity index (χ3v) is 4.20. The van der Waals surface area contributed by atoms with Gasteiger partial charge in [-0.2, -0.15) is 0 Å². The van der Waals surface area contributed by atoms with Crippen molar-refractivity contribution in [2.24, 2.45) is 5.92 Å². The number of carbonyl (C=O) groups excluding carboxylic acids is 1. The second-order valence-electron chi connectivity index (χ2n) is 5.85. The predicted octanol–water partition coefficient (Wildman–Crippen LogP) is 3.07. The molecule has 0 aliphatic heterocycles. The fraction of sp³-hybridized carbons (Fsp3) is 0.562.